The summed E-state index contributed by atoms with van der Waals surface area (Å²) in [4.78, 5) is 11.7. The van der Waals surface area contributed by atoms with Crippen LogP contribution in [0.5, 0.6) is 5.75 Å². The van der Waals surface area contributed by atoms with Crippen LogP contribution in [-0.4, -0.2) is 12.9 Å². The third-order valence-corrected chi connectivity index (χ3v) is 2.97. The molecule has 1 saturated carbocycles. The molecule has 0 radical (unpaired) electrons. The van der Waals surface area contributed by atoms with Gasteiger partial charge < -0.3 is 4.74 Å². The Kier molecular flexibility index (Phi) is 2.90. The van der Waals surface area contributed by atoms with Crippen LogP contribution in [0.4, 0.5) is 8.78 Å². The number of halogens is 2. The molecule has 1 fully saturated rings. The SMILES string of the molecule is COc1cc(F)c(C(=O)C2CCC2)c(F)c1. The molecular weight excluding hydrogens is 214 g/mol. The standard InChI is InChI=1S/C12H12F2O2/c1-16-8-5-9(13)11(10(14)6-8)12(15)7-3-2-4-7/h5-7H,2-4H2,1H3. The Labute approximate surface area is 92.2 Å². The number of carbonyl (C=O) groups is 1. The molecule has 0 spiro atoms. The highest BCUT2D eigenvalue weighted by Gasteiger charge is 2.30. The predicted molar refractivity (Wildman–Crippen MR) is 54.6 cm³/mol. The zero-order valence-corrected chi connectivity index (χ0v) is 8.93. The van der Waals surface area contributed by atoms with Crippen LogP contribution in [0.15, 0.2) is 12.1 Å². The lowest BCUT2D eigenvalue weighted by Crippen LogP contribution is -2.24. The van der Waals surface area contributed by atoms with Gasteiger partial charge in [-0.05, 0) is 12.8 Å². The zero-order valence-electron chi connectivity index (χ0n) is 8.93. The minimum Gasteiger partial charge on any atom is -0.497 e. The van der Waals surface area contributed by atoms with Crippen LogP contribution < -0.4 is 4.74 Å². The van der Waals surface area contributed by atoms with Crippen molar-refractivity contribution in [1.82, 2.24) is 0 Å². The van der Waals surface area contributed by atoms with Gasteiger partial charge in [-0.2, -0.15) is 0 Å². The molecule has 0 bridgehead atoms. The Bertz CT molecular complexity index is 402. The van der Waals surface area contributed by atoms with E-state index in [0.717, 1.165) is 31.4 Å². The minimum atomic E-state index is -0.839. The van der Waals surface area contributed by atoms with Crippen molar-refractivity contribution in [3.05, 3.63) is 29.3 Å². The quantitative estimate of drug-likeness (QED) is 0.740. The fourth-order valence-corrected chi connectivity index (χ4v) is 1.78. The summed E-state index contributed by atoms with van der Waals surface area (Å²) >= 11 is 0. The Morgan fingerprint density at radius 1 is 1.31 bits per heavy atom. The monoisotopic (exact) mass is 226 g/mol. The molecule has 1 aromatic carbocycles. The van der Waals surface area contributed by atoms with Crippen molar-refractivity contribution < 1.29 is 18.3 Å². The number of benzene rings is 1. The third-order valence-electron chi connectivity index (χ3n) is 2.97. The van der Waals surface area contributed by atoms with Crippen molar-refractivity contribution in [2.75, 3.05) is 7.11 Å². The number of ketones is 1. The molecule has 0 N–H and O–H groups in total. The van der Waals surface area contributed by atoms with E-state index in [1.165, 1.54) is 7.11 Å². The second-order valence-electron chi connectivity index (χ2n) is 3.96. The van der Waals surface area contributed by atoms with Gasteiger partial charge in [-0.3, -0.25) is 4.79 Å². The summed E-state index contributed by atoms with van der Waals surface area (Å²) in [5, 5.41) is 0. The summed E-state index contributed by atoms with van der Waals surface area (Å²) in [6.45, 7) is 0. The summed E-state index contributed by atoms with van der Waals surface area (Å²) < 4.78 is 31.8. The van der Waals surface area contributed by atoms with Crippen LogP contribution in [-0.2, 0) is 0 Å². The molecular formula is C12H12F2O2. The molecule has 1 aliphatic rings. The van der Waals surface area contributed by atoms with Crippen molar-refractivity contribution in [1.29, 1.82) is 0 Å². The molecule has 0 atom stereocenters. The topological polar surface area (TPSA) is 26.3 Å². The zero-order chi connectivity index (χ0) is 11.7. The van der Waals surface area contributed by atoms with Crippen LogP contribution in [0.3, 0.4) is 0 Å². The van der Waals surface area contributed by atoms with E-state index < -0.39 is 23.0 Å². The van der Waals surface area contributed by atoms with Crippen molar-refractivity contribution in [3.63, 3.8) is 0 Å². The van der Waals surface area contributed by atoms with E-state index in [1.54, 1.807) is 0 Å². The molecule has 0 saturated heterocycles. The van der Waals surface area contributed by atoms with E-state index in [-0.39, 0.29) is 11.7 Å². The van der Waals surface area contributed by atoms with Crippen molar-refractivity contribution in [2.45, 2.75) is 19.3 Å². The van der Waals surface area contributed by atoms with E-state index in [4.69, 9.17) is 4.74 Å². The second kappa shape index (κ2) is 4.20. The second-order valence-corrected chi connectivity index (χ2v) is 3.96. The number of carbonyl (C=O) groups excluding carboxylic acids is 1. The first kappa shape index (κ1) is 11.0. The highest BCUT2D eigenvalue weighted by molar-refractivity contribution is 5.98. The number of Topliss-reactive ketones (excluding diaryl/α,β-unsaturated/α-hetero) is 1. The summed E-state index contributed by atoms with van der Waals surface area (Å²) in [6, 6.07) is 2.07. The van der Waals surface area contributed by atoms with Crippen LogP contribution in [0.25, 0.3) is 0 Å². The first-order valence-electron chi connectivity index (χ1n) is 5.20. The largest absolute Gasteiger partial charge is 0.497 e. The maximum Gasteiger partial charge on any atom is 0.171 e. The first-order chi connectivity index (χ1) is 7.63. The molecule has 2 nitrogen and oxygen atoms in total. The lowest BCUT2D eigenvalue weighted by atomic mass is 9.79. The van der Waals surface area contributed by atoms with Gasteiger partial charge in [0, 0.05) is 18.1 Å². The fourth-order valence-electron chi connectivity index (χ4n) is 1.78. The van der Waals surface area contributed by atoms with E-state index >= 15 is 0 Å². The summed E-state index contributed by atoms with van der Waals surface area (Å²) in [7, 11) is 1.32. The molecule has 16 heavy (non-hydrogen) atoms. The molecule has 0 amide bonds. The molecule has 1 aromatic rings. The van der Waals surface area contributed by atoms with Crippen molar-refractivity contribution in [3.8, 4) is 5.75 Å². The predicted octanol–water partition coefficient (Wildman–Crippen LogP) is 2.96. The van der Waals surface area contributed by atoms with E-state index in [9.17, 15) is 13.6 Å². The lowest BCUT2D eigenvalue weighted by molar-refractivity contribution is 0.0846. The molecule has 4 heteroatoms. The van der Waals surface area contributed by atoms with Gasteiger partial charge >= 0.3 is 0 Å². The van der Waals surface area contributed by atoms with Crippen LogP contribution in [0.2, 0.25) is 0 Å². The maximum absolute atomic E-state index is 13.5. The summed E-state index contributed by atoms with van der Waals surface area (Å²) in [5.41, 5.74) is -0.425. The summed E-state index contributed by atoms with van der Waals surface area (Å²) in [6.07, 6.45) is 2.41. The van der Waals surface area contributed by atoms with E-state index in [2.05, 4.69) is 0 Å². The number of hydrogen-bond donors (Lipinski definition) is 0. The average Bonchev–Trinajstić information content (AvgIpc) is 2.13. The molecule has 0 unspecified atom stereocenters. The molecule has 0 heterocycles. The first-order valence-corrected chi connectivity index (χ1v) is 5.20. The van der Waals surface area contributed by atoms with Crippen LogP contribution >= 0.6 is 0 Å². The van der Waals surface area contributed by atoms with E-state index in [1.807, 2.05) is 0 Å². The molecule has 0 aliphatic heterocycles. The number of ether oxygens (including phenoxy) is 1. The number of rotatable bonds is 3. The van der Waals surface area contributed by atoms with Gasteiger partial charge in [0.05, 0.1) is 12.7 Å². The molecule has 1 aliphatic carbocycles. The van der Waals surface area contributed by atoms with Crippen LogP contribution in [0.1, 0.15) is 29.6 Å². The minimum absolute atomic E-state index is 0.0835. The van der Waals surface area contributed by atoms with Gasteiger partial charge in [0.1, 0.15) is 17.4 Å². The highest BCUT2D eigenvalue weighted by atomic mass is 19.1. The average molecular weight is 226 g/mol. The molecule has 0 aromatic heterocycles. The smallest absolute Gasteiger partial charge is 0.171 e. The normalized spacial score (nSPS) is 15.7. The Morgan fingerprint density at radius 2 is 1.88 bits per heavy atom. The van der Waals surface area contributed by atoms with Gasteiger partial charge in [-0.25, -0.2) is 8.78 Å². The maximum atomic E-state index is 13.5. The third kappa shape index (κ3) is 1.79. The Hall–Kier alpha value is -1.45. The van der Waals surface area contributed by atoms with Gasteiger partial charge in [0.25, 0.3) is 0 Å². The van der Waals surface area contributed by atoms with Crippen molar-refractivity contribution >= 4 is 5.78 Å². The number of hydrogen-bond acceptors (Lipinski definition) is 2. The highest BCUT2D eigenvalue weighted by Crippen LogP contribution is 2.32. The van der Waals surface area contributed by atoms with E-state index in [0.29, 0.717) is 0 Å². The van der Waals surface area contributed by atoms with Crippen molar-refractivity contribution in [2.24, 2.45) is 5.92 Å². The fraction of sp³-hybridized carbons (Fsp3) is 0.417. The van der Waals surface area contributed by atoms with Gasteiger partial charge in [0.15, 0.2) is 5.78 Å². The Morgan fingerprint density at radius 3 is 2.25 bits per heavy atom. The van der Waals surface area contributed by atoms with Crippen LogP contribution in [0, 0.1) is 17.6 Å². The molecule has 2 rings (SSSR count). The molecule has 86 valence electrons. The number of methoxy groups -OCH3 is 1. The van der Waals surface area contributed by atoms with Gasteiger partial charge in [0.2, 0.25) is 0 Å². The summed E-state index contributed by atoms with van der Waals surface area (Å²) in [5.74, 6) is -2.23. The van der Waals surface area contributed by atoms with Gasteiger partial charge in [-0.1, -0.05) is 6.42 Å². The Balaban J connectivity index is 2.36. The lowest BCUT2D eigenvalue weighted by Gasteiger charge is -2.24. The van der Waals surface area contributed by atoms with Gasteiger partial charge in [-0.15, -0.1) is 0 Å².